The number of halogens is 1. The molecule has 0 spiro atoms. The van der Waals surface area contributed by atoms with Crippen molar-refractivity contribution >= 4 is 17.7 Å². The molecule has 0 atom stereocenters. The van der Waals surface area contributed by atoms with Crippen molar-refractivity contribution in [3.05, 3.63) is 35.6 Å². The molecule has 2 rings (SSSR count). The molecule has 0 radical (unpaired) electrons. The number of benzene rings is 1. The minimum absolute atomic E-state index is 0.0978. The van der Waals surface area contributed by atoms with Crippen molar-refractivity contribution in [1.29, 1.82) is 0 Å². The molecule has 1 aliphatic rings. The second-order valence-corrected chi connectivity index (χ2v) is 6.62. The maximum atomic E-state index is 13.3. The van der Waals surface area contributed by atoms with Crippen LogP contribution in [-0.2, 0) is 10.2 Å². The average molecular weight is 281 g/mol. The number of carbonyl (C=O) groups is 1. The molecule has 0 aliphatic carbocycles. The lowest BCUT2D eigenvalue weighted by molar-refractivity contribution is -0.136. The van der Waals surface area contributed by atoms with Crippen LogP contribution in [0.1, 0.15) is 25.8 Å². The fraction of sp³-hybridized carbons (Fsp3) is 0.533. The normalized spacial score (nSPS) is 17.1. The van der Waals surface area contributed by atoms with Crippen LogP contribution in [0, 0.1) is 5.82 Å². The van der Waals surface area contributed by atoms with Gasteiger partial charge in [-0.05, 0) is 43.7 Å². The summed E-state index contributed by atoms with van der Waals surface area (Å²) in [6.45, 7) is 5.36. The smallest absolute Gasteiger partial charge is 0.232 e. The van der Waals surface area contributed by atoms with E-state index in [1.54, 1.807) is 6.07 Å². The number of carbonyl (C=O) groups excluding carboxylic acids is 1. The van der Waals surface area contributed by atoms with Gasteiger partial charge in [0.15, 0.2) is 0 Å². The highest BCUT2D eigenvalue weighted by Gasteiger charge is 2.34. The Bertz CT molecular complexity index is 453. The molecule has 1 amide bonds. The molecule has 1 aromatic rings. The van der Waals surface area contributed by atoms with Gasteiger partial charge in [-0.3, -0.25) is 4.79 Å². The average Bonchev–Trinajstić information content (AvgIpc) is 2.66. The Hall–Kier alpha value is -1.03. The minimum atomic E-state index is -0.670. The van der Waals surface area contributed by atoms with Crippen LogP contribution in [0.25, 0.3) is 0 Å². The Balaban J connectivity index is 2.20. The monoisotopic (exact) mass is 281 g/mol. The van der Waals surface area contributed by atoms with E-state index in [1.165, 1.54) is 12.1 Å². The van der Waals surface area contributed by atoms with Crippen LogP contribution >= 0.6 is 11.8 Å². The third-order valence-corrected chi connectivity index (χ3v) is 4.64. The Morgan fingerprint density at radius 1 is 1.32 bits per heavy atom. The summed E-state index contributed by atoms with van der Waals surface area (Å²) in [6, 6.07) is 6.36. The molecule has 1 aromatic carbocycles. The number of hydrogen-bond donors (Lipinski definition) is 0. The topological polar surface area (TPSA) is 20.3 Å². The lowest BCUT2D eigenvalue weighted by Gasteiger charge is -2.31. The first kappa shape index (κ1) is 14.4. The zero-order chi connectivity index (χ0) is 13.9. The number of hydrogen-bond acceptors (Lipinski definition) is 2. The molecule has 2 nitrogen and oxygen atoms in total. The van der Waals surface area contributed by atoms with E-state index in [-0.39, 0.29) is 11.7 Å². The van der Waals surface area contributed by atoms with Gasteiger partial charge < -0.3 is 4.90 Å². The lowest BCUT2D eigenvalue weighted by Crippen LogP contribution is -2.44. The van der Waals surface area contributed by atoms with Gasteiger partial charge in [0.05, 0.1) is 5.41 Å². The molecule has 1 aliphatic heterocycles. The summed E-state index contributed by atoms with van der Waals surface area (Å²) < 4.78 is 13.3. The van der Waals surface area contributed by atoms with Gasteiger partial charge in [0, 0.05) is 18.8 Å². The fourth-order valence-corrected chi connectivity index (χ4v) is 3.23. The maximum absolute atomic E-state index is 13.3. The van der Waals surface area contributed by atoms with Gasteiger partial charge in [0.25, 0.3) is 0 Å². The Morgan fingerprint density at radius 2 is 2.11 bits per heavy atom. The molecule has 1 fully saturated rings. The van der Waals surface area contributed by atoms with Crippen molar-refractivity contribution in [3.63, 3.8) is 0 Å². The third-order valence-electron chi connectivity index (χ3n) is 3.59. The van der Waals surface area contributed by atoms with E-state index in [2.05, 4.69) is 0 Å². The predicted octanol–water partition coefficient (Wildman–Crippen LogP) is 3.07. The Kier molecular flexibility index (Phi) is 4.50. The highest BCUT2D eigenvalue weighted by molar-refractivity contribution is 7.99. The van der Waals surface area contributed by atoms with Crippen molar-refractivity contribution in [2.75, 3.05) is 24.6 Å². The molecule has 19 heavy (non-hydrogen) atoms. The van der Waals surface area contributed by atoms with E-state index < -0.39 is 5.41 Å². The van der Waals surface area contributed by atoms with Crippen LogP contribution in [-0.4, -0.2) is 35.4 Å². The second-order valence-electron chi connectivity index (χ2n) is 5.39. The summed E-state index contributed by atoms with van der Waals surface area (Å²) in [5.74, 6) is 1.92. The predicted molar refractivity (Wildman–Crippen MR) is 77.9 cm³/mol. The van der Waals surface area contributed by atoms with Crippen LogP contribution < -0.4 is 0 Å². The zero-order valence-electron chi connectivity index (χ0n) is 11.5. The zero-order valence-corrected chi connectivity index (χ0v) is 12.3. The fourth-order valence-electron chi connectivity index (χ4n) is 2.35. The van der Waals surface area contributed by atoms with Gasteiger partial charge in [-0.25, -0.2) is 4.39 Å². The number of amides is 1. The summed E-state index contributed by atoms with van der Waals surface area (Å²) in [5, 5.41) is 0. The molecular weight excluding hydrogens is 261 g/mol. The van der Waals surface area contributed by atoms with Crippen molar-refractivity contribution < 1.29 is 9.18 Å². The van der Waals surface area contributed by atoms with Crippen molar-refractivity contribution in [2.45, 2.75) is 25.7 Å². The van der Waals surface area contributed by atoms with E-state index in [4.69, 9.17) is 0 Å². The molecular formula is C15H20FNOS. The third kappa shape index (κ3) is 3.30. The van der Waals surface area contributed by atoms with Gasteiger partial charge >= 0.3 is 0 Å². The lowest BCUT2D eigenvalue weighted by atomic mass is 9.83. The summed E-state index contributed by atoms with van der Waals surface area (Å²) in [4.78, 5) is 14.6. The van der Waals surface area contributed by atoms with E-state index in [0.29, 0.717) is 0 Å². The molecule has 0 saturated carbocycles. The van der Waals surface area contributed by atoms with Crippen molar-refractivity contribution in [1.82, 2.24) is 4.90 Å². The van der Waals surface area contributed by atoms with E-state index in [1.807, 2.05) is 36.6 Å². The van der Waals surface area contributed by atoms with Crippen LogP contribution in [0.5, 0.6) is 0 Å². The van der Waals surface area contributed by atoms with Crippen LogP contribution in [0.4, 0.5) is 4.39 Å². The van der Waals surface area contributed by atoms with Gasteiger partial charge in [-0.2, -0.15) is 11.8 Å². The Labute approximate surface area is 118 Å². The van der Waals surface area contributed by atoms with Gasteiger partial charge in [-0.1, -0.05) is 12.1 Å². The van der Waals surface area contributed by atoms with Gasteiger partial charge in [0.1, 0.15) is 5.82 Å². The molecule has 0 bridgehead atoms. The maximum Gasteiger partial charge on any atom is 0.232 e. The highest BCUT2D eigenvalue weighted by Crippen LogP contribution is 2.27. The molecule has 1 saturated heterocycles. The number of rotatable bonds is 2. The molecule has 0 N–H and O–H groups in total. The Morgan fingerprint density at radius 3 is 2.84 bits per heavy atom. The minimum Gasteiger partial charge on any atom is -0.341 e. The first-order valence-corrected chi connectivity index (χ1v) is 7.80. The molecule has 0 unspecified atom stereocenters. The standard InChI is InChI=1S/C15H20FNOS/c1-15(2,12-5-3-6-13(16)11-12)14(18)17-7-4-9-19-10-8-17/h3,5-6,11H,4,7-10H2,1-2H3. The van der Waals surface area contributed by atoms with Gasteiger partial charge in [0.2, 0.25) is 5.91 Å². The SMILES string of the molecule is CC(C)(C(=O)N1CCCSCC1)c1cccc(F)c1. The largest absolute Gasteiger partial charge is 0.341 e. The summed E-state index contributed by atoms with van der Waals surface area (Å²) in [5.41, 5.74) is 0.0753. The molecule has 1 heterocycles. The van der Waals surface area contributed by atoms with E-state index >= 15 is 0 Å². The van der Waals surface area contributed by atoms with E-state index in [0.717, 1.165) is 36.6 Å². The number of thioether (sulfide) groups is 1. The highest BCUT2D eigenvalue weighted by atomic mass is 32.2. The van der Waals surface area contributed by atoms with Crippen LogP contribution in [0.2, 0.25) is 0 Å². The second kappa shape index (κ2) is 5.95. The van der Waals surface area contributed by atoms with Crippen LogP contribution in [0.15, 0.2) is 24.3 Å². The first-order chi connectivity index (χ1) is 9.01. The summed E-state index contributed by atoms with van der Waals surface area (Å²) in [6.07, 6.45) is 1.04. The van der Waals surface area contributed by atoms with E-state index in [9.17, 15) is 9.18 Å². The molecule has 0 aromatic heterocycles. The molecule has 104 valence electrons. The summed E-state index contributed by atoms with van der Waals surface area (Å²) >= 11 is 1.89. The quantitative estimate of drug-likeness (QED) is 0.830. The number of nitrogens with zero attached hydrogens (tertiary/aromatic N) is 1. The van der Waals surface area contributed by atoms with Crippen molar-refractivity contribution in [3.8, 4) is 0 Å². The van der Waals surface area contributed by atoms with Crippen molar-refractivity contribution in [2.24, 2.45) is 0 Å². The molecule has 4 heteroatoms. The first-order valence-electron chi connectivity index (χ1n) is 6.65. The van der Waals surface area contributed by atoms with Crippen LogP contribution in [0.3, 0.4) is 0 Å². The summed E-state index contributed by atoms with van der Waals surface area (Å²) in [7, 11) is 0. The van der Waals surface area contributed by atoms with Gasteiger partial charge in [-0.15, -0.1) is 0 Å².